The Kier molecular flexibility index (Phi) is 2.37. The van der Waals surface area contributed by atoms with Crippen LogP contribution in [0.1, 0.15) is 25.7 Å². The summed E-state index contributed by atoms with van der Waals surface area (Å²) in [6.45, 7) is 3.42. The molecule has 17 heavy (non-hydrogen) atoms. The molecule has 0 bridgehead atoms. The minimum absolute atomic E-state index is 0.706. The summed E-state index contributed by atoms with van der Waals surface area (Å²) in [6, 6.07) is 0.706. The maximum absolute atomic E-state index is 3.55. The van der Waals surface area contributed by atoms with Gasteiger partial charge in [0, 0.05) is 18.0 Å². The van der Waals surface area contributed by atoms with E-state index in [-0.39, 0.29) is 0 Å². The molecule has 2 nitrogen and oxygen atoms in total. The maximum atomic E-state index is 3.55. The number of nitrogens with one attached hydrogen (secondary N) is 1. The van der Waals surface area contributed by atoms with Crippen molar-refractivity contribution in [2.24, 2.45) is 0 Å². The van der Waals surface area contributed by atoms with Crippen LogP contribution in [-0.2, 0) is 0 Å². The smallest absolute Gasteiger partial charge is 0.0537 e. The summed E-state index contributed by atoms with van der Waals surface area (Å²) in [5, 5.41) is 5.85. The van der Waals surface area contributed by atoms with Gasteiger partial charge >= 0.3 is 0 Å². The van der Waals surface area contributed by atoms with Crippen LogP contribution in [0.15, 0.2) is 33.2 Å². The van der Waals surface area contributed by atoms with Crippen LogP contribution in [0.4, 0.5) is 0 Å². The van der Waals surface area contributed by atoms with E-state index in [0.29, 0.717) is 6.04 Å². The molecular formula is C14H18N2S. The number of hydrogen-bond acceptors (Lipinski definition) is 3. The SMILES string of the molecule is C1=CSC2=C3C(=C4CNCCC4N3C1)CCC2. The number of allylic oxidation sites excluding steroid dienone is 2. The van der Waals surface area contributed by atoms with E-state index in [1.54, 1.807) is 21.7 Å². The Morgan fingerprint density at radius 2 is 2.35 bits per heavy atom. The second-order valence-electron chi connectivity index (χ2n) is 5.25. The summed E-state index contributed by atoms with van der Waals surface area (Å²) in [4.78, 5) is 4.30. The molecule has 1 fully saturated rings. The van der Waals surface area contributed by atoms with Gasteiger partial charge in [-0.3, -0.25) is 0 Å². The lowest BCUT2D eigenvalue weighted by Gasteiger charge is -2.32. The fraction of sp³-hybridized carbons (Fsp3) is 0.571. The summed E-state index contributed by atoms with van der Waals surface area (Å²) >= 11 is 1.96. The molecule has 90 valence electrons. The Morgan fingerprint density at radius 1 is 1.35 bits per heavy atom. The second-order valence-corrected chi connectivity index (χ2v) is 6.25. The summed E-state index contributed by atoms with van der Waals surface area (Å²) < 4.78 is 0. The van der Waals surface area contributed by atoms with Gasteiger partial charge in [0.15, 0.2) is 0 Å². The van der Waals surface area contributed by atoms with Gasteiger partial charge in [-0.15, -0.1) is 11.8 Å². The molecule has 3 heterocycles. The van der Waals surface area contributed by atoms with E-state index in [2.05, 4.69) is 21.7 Å². The zero-order chi connectivity index (χ0) is 11.2. The molecule has 1 N–H and O–H groups in total. The minimum Gasteiger partial charge on any atom is -0.360 e. The molecular weight excluding hydrogens is 228 g/mol. The Morgan fingerprint density at radius 3 is 3.35 bits per heavy atom. The van der Waals surface area contributed by atoms with Crippen molar-refractivity contribution in [2.75, 3.05) is 19.6 Å². The monoisotopic (exact) mass is 246 g/mol. The van der Waals surface area contributed by atoms with Gasteiger partial charge in [-0.2, -0.15) is 0 Å². The van der Waals surface area contributed by atoms with Crippen LogP contribution in [0, 0.1) is 0 Å². The Balaban J connectivity index is 1.87. The number of fused-ring (bicyclic) bond motifs is 2. The third-order valence-electron chi connectivity index (χ3n) is 4.35. The highest BCUT2D eigenvalue weighted by atomic mass is 32.2. The van der Waals surface area contributed by atoms with Crippen LogP contribution >= 0.6 is 11.8 Å². The van der Waals surface area contributed by atoms with E-state index in [1.165, 1.54) is 32.2 Å². The number of piperidine rings is 1. The van der Waals surface area contributed by atoms with Crippen molar-refractivity contribution in [1.29, 1.82) is 0 Å². The highest BCUT2D eigenvalue weighted by Gasteiger charge is 2.39. The molecule has 4 aliphatic rings. The molecule has 0 spiro atoms. The van der Waals surface area contributed by atoms with E-state index in [9.17, 15) is 0 Å². The third-order valence-corrected chi connectivity index (χ3v) is 5.36. The first-order valence-electron chi connectivity index (χ1n) is 6.69. The molecule has 0 aromatic carbocycles. The highest BCUT2D eigenvalue weighted by molar-refractivity contribution is 8.05. The molecule has 3 aliphatic heterocycles. The Hall–Kier alpha value is -0.670. The summed E-state index contributed by atoms with van der Waals surface area (Å²) in [7, 11) is 0. The second kappa shape index (κ2) is 3.92. The van der Waals surface area contributed by atoms with Crippen molar-refractivity contribution in [1.82, 2.24) is 10.2 Å². The molecule has 0 saturated carbocycles. The number of rotatable bonds is 0. The summed E-state index contributed by atoms with van der Waals surface area (Å²) in [5.41, 5.74) is 5.02. The molecule has 0 aromatic heterocycles. The van der Waals surface area contributed by atoms with Crippen LogP contribution in [0.5, 0.6) is 0 Å². The highest BCUT2D eigenvalue weighted by Crippen LogP contribution is 2.47. The van der Waals surface area contributed by atoms with Gasteiger partial charge in [0.05, 0.1) is 11.7 Å². The molecule has 1 atom stereocenters. The zero-order valence-corrected chi connectivity index (χ0v) is 10.9. The van der Waals surface area contributed by atoms with Gasteiger partial charge in [-0.05, 0) is 48.8 Å². The molecule has 3 heteroatoms. The number of nitrogens with zero attached hydrogens (tertiary/aromatic N) is 1. The lowest BCUT2D eigenvalue weighted by molar-refractivity contribution is 0.299. The zero-order valence-electron chi connectivity index (χ0n) is 10.0. The van der Waals surface area contributed by atoms with E-state index in [0.717, 1.165) is 13.1 Å². The van der Waals surface area contributed by atoms with Crippen molar-refractivity contribution in [2.45, 2.75) is 31.7 Å². The van der Waals surface area contributed by atoms with Crippen LogP contribution in [-0.4, -0.2) is 30.6 Å². The lowest BCUT2D eigenvalue weighted by atomic mass is 9.93. The minimum atomic E-state index is 0.706. The standard InChI is InChI=1S/C14H18N2S/c1-3-10-11-9-15-6-5-12(11)16-7-2-8-17-13(4-1)14(10)16/h2,8,12,15H,1,3-7,9H2. The van der Waals surface area contributed by atoms with Crippen LogP contribution in [0.2, 0.25) is 0 Å². The van der Waals surface area contributed by atoms with Crippen LogP contribution in [0.3, 0.4) is 0 Å². The van der Waals surface area contributed by atoms with E-state index >= 15 is 0 Å². The van der Waals surface area contributed by atoms with Crippen LogP contribution in [0.25, 0.3) is 0 Å². The largest absolute Gasteiger partial charge is 0.360 e. The summed E-state index contributed by atoms with van der Waals surface area (Å²) in [5.74, 6) is 0. The maximum Gasteiger partial charge on any atom is 0.0537 e. The first-order chi connectivity index (χ1) is 8.45. The topological polar surface area (TPSA) is 15.3 Å². The quantitative estimate of drug-likeness (QED) is 0.707. The number of hydrogen-bond donors (Lipinski definition) is 1. The molecule has 0 amide bonds. The summed E-state index contributed by atoms with van der Waals surface area (Å²) in [6.07, 6.45) is 7.57. The molecule has 1 aliphatic carbocycles. The van der Waals surface area contributed by atoms with E-state index < -0.39 is 0 Å². The van der Waals surface area contributed by atoms with Gasteiger partial charge in [0.2, 0.25) is 0 Å². The fourth-order valence-corrected chi connectivity index (χ4v) is 4.62. The average molecular weight is 246 g/mol. The first-order valence-corrected chi connectivity index (χ1v) is 7.57. The van der Waals surface area contributed by atoms with Crippen molar-refractivity contribution in [3.63, 3.8) is 0 Å². The van der Waals surface area contributed by atoms with Crippen molar-refractivity contribution in [3.05, 3.63) is 33.2 Å². The van der Waals surface area contributed by atoms with Gasteiger partial charge in [0.25, 0.3) is 0 Å². The molecule has 1 unspecified atom stereocenters. The average Bonchev–Trinajstić information content (AvgIpc) is 2.56. The normalized spacial score (nSPS) is 31.5. The Bertz CT molecular complexity index is 447. The van der Waals surface area contributed by atoms with Crippen molar-refractivity contribution in [3.8, 4) is 0 Å². The molecule has 1 saturated heterocycles. The first kappa shape index (κ1) is 10.3. The van der Waals surface area contributed by atoms with Crippen molar-refractivity contribution < 1.29 is 0 Å². The molecule has 0 aromatic rings. The predicted molar refractivity (Wildman–Crippen MR) is 72.6 cm³/mol. The molecule has 0 radical (unpaired) electrons. The lowest BCUT2D eigenvalue weighted by Crippen LogP contribution is -2.40. The van der Waals surface area contributed by atoms with Gasteiger partial charge in [-0.1, -0.05) is 6.08 Å². The van der Waals surface area contributed by atoms with Crippen LogP contribution < -0.4 is 5.32 Å². The number of thioether (sulfide) groups is 1. The molecule has 4 rings (SSSR count). The Labute approximate surface area is 107 Å². The fourth-order valence-electron chi connectivity index (χ4n) is 3.66. The van der Waals surface area contributed by atoms with Crippen molar-refractivity contribution >= 4 is 11.8 Å². The van der Waals surface area contributed by atoms with Gasteiger partial charge in [-0.25, -0.2) is 0 Å². The predicted octanol–water partition coefficient (Wildman–Crippen LogP) is 2.62. The van der Waals surface area contributed by atoms with Gasteiger partial charge < -0.3 is 10.2 Å². The van der Waals surface area contributed by atoms with Gasteiger partial charge in [0.1, 0.15) is 0 Å². The van der Waals surface area contributed by atoms with E-state index in [4.69, 9.17) is 0 Å². The van der Waals surface area contributed by atoms with E-state index in [1.807, 2.05) is 11.8 Å². The third kappa shape index (κ3) is 1.45.